The van der Waals surface area contributed by atoms with E-state index in [0.717, 1.165) is 5.69 Å². The highest BCUT2D eigenvalue weighted by molar-refractivity contribution is 6.39. The van der Waals surface area contributed by atoms with Crippen LogP contribution < -0.4 is 15.4 Å². The largest absolute Gasteiger partial charge is 0.478 e. The van der Waals surface area contributed by atoms with Gasteiger partial charge in [-0.2, -0.15) is 0 Å². The standard InChI is InChI=1S/C17H17Cl2N3O5/c1-3-20-17(25)22-13(23)7-26-14(24)8-27-16-12(19)6-11(18)10-5-4-9(2)21-15(10)16/h4-6H,3,7-8H2,1-2H3,(H2,20,22,23,25). The van der Waals surface area contributed by atoms with Crippen LogP contribution in [0.1, 0.15) is 12.6 Å². The summed E-state index contributed by atoms with van der Waals surface area (Å²) in [5.74, 6) is -1.39. The van der Waals surface area contributed by atoms with Gasteiger partial charge in [-0.3, -0.25) is 10.1 Å². The third kappa shape index (κ3) is 5.70. The van der Waals surface area contributed by atoms with Crippen LogP contribution in [0.2, 0.25) is 10.0 Å². The van der Waals surface area contributed by atoms with Crippen LogP contribution in [0.4, 0.5) is 4.79 Å². The zero-order chi connectivity index (χ0) is 20.0. The number of aromatic nitrogens is 1. The highest BCUT2D eigenvalue weighted by Gasteiger charge is 2.16. The molecule has 0 radical (unpaired) electrons. The van der Waals surface area contributed by atoms with Gasteiger partial charge in [0, 0.05) is 17.6 Å². The second kappa shape index (κ2) is 9.38. The number of urea groups is 1. The lowest BCUT2D eigenvalue weighted by atomic mass is 10.2. The van der Waals surface area contributed by atoms with Gasteiger partial charge in [0.1, 0.15) is 5.52 Å². The van der Waals surface area contributed by atoms with E-state index in [1.807, 2.05) is 5.32 Å². The molecule has 0 aliphatic rings. The lowest BCUT2D eigenvalue weighted by molar-refractivity contribution is -0.150. The van der Waals surface area contributed by atoms with Crippen LogP contribution in [0, 0.1) is 6.92 Å². The number of pyridine rings is 1. The van der Waals surface area contributed by atoms with Gasteiger partial charge in [-0.15, -0.1) is 0 Å². The monoisotopic (exact) mass is 413 g/mol. The number of aryl methyl sites for hydroxylation is 1. The summed E-state index contributed by atoms with van der Waals surface area (Å²) < 4.78 is 10.2. The molecule has 1 heterocycles. The molecule has 2 rings (SSSR count). The van der Waals surface area contributed by atoms with E-state index in [-0.39, 0.29) is 10.8 Å². The van der Waals surface area contributed by atoms with Crippen molar-refractivity contribution in [2.24, 2.45) is 0 Å². The molecule has 0 atom stereocenters. The maximum absolute atomic E-state index is 11.8. The Balaban J connectivity index is 1.98. The van der Waals surface area contributed by atoms with Crippen molar-refractivity contribution >= 4 is 52.0 Å². The highest BCUT2D eigenvalue weighted by Crippen LogP contribution is 2.37. The Hall–Kier alpha value is -2.58. The van der Waals surface area contributed by atoms with Crippen molar-refractivity contribution in [1.29, 1.82) is 0 Å². The van der Waals surface area contributed by atoms with E-state index in [2.05, 4.69) is 10.3 Å². The molecule has 0 aliphatic heterocycles. The SMILES string of the molecule is CCNC(=O)NC(=O)COC(=O)COc1c(Cl)cc(Cl)c2ccc(C)nc12. The van der Waals surface area contributed by atoms with E-state index in [4.69, 9.17) is 32.7 Å². The van der Waals surface area contributed by atoms with Crippen LogP contribution in [0.25, 0.3) is 10.9 Å². The van der Waals surface area contributed by atoms with E-state index in [1.54, 1.807) is 26.0 Å². The molecule has 0 spiro atoms. The third-order valence-corrected chi connectivity index (χ3v) is 3.86. The lowest BCUT2D eigenvalue weighted by Gasteiger charge is -2.12. The van der Waals surface area contributed by atoms with E-state index in [0.29, 0.717) is 22.5 Å². The molecule has 0 fully saturated rings. The van der Waals surface area contributed by atoms with Crippen LogP contribution in [0.15, 0.2) is 18.2 Å². The fourth-order valence-electron chi connectivity index (χ4n) is 2.11. The van der Waals surface area contributed by atoms with Crippen LogP contribution >= 0.6 is 23.2 Å². The van der Waals surface area contributed by atoms with Gasteiger partial charge in [-0.1, -0.05) is 23.2 Å². The molecule has 27 heavy (non-hydrogen) atoms. The van der Waals surface area contributed by atoms with E-state index in [1.165, 1.54) is 6.07 Å². The van der Waals surface area contributed by atoms with Crippen molar-refractivity contribution in [3.05, 3.63) is 33.9 Å². The van der Waals surface area contributed by atoms with Gasteiger partial charge >= 0.3 is 12.0 Å². The molecule has 3 amide bonds. The number of nitrogens with zero attached hydrogens (tertiary/aromatic N) is 1. The van der Waals surface area contributed by atoms with Crippen LogP contribution in [-0.4, -0.2) is 42.7 Å². The fourth-order valence-corrected chi connectivity index (χ4v) is 2.68. The molecule has 0 saturated heterocycles. The number of carbonyl (C=O) groups excluding carboxylic acids is 3. The second-order valence-electron chi connectivity index (χ2n) is 5.38. The number of amides is 3. The maximum Gasteiger partial charge on any atom is 0.344 e. The average molecular weight is 414 g/mol. The molecule has 2 aromatic rings. The normalized spacial score (nSPS) is 10.4. The summed E-state index contributed by atoms with van der Waals surface area (Å²) in [6.07, 6.45) is 0. The molecule has 0 bridgehead atoms. The first-order valence-electron chi connectivity index (χ1n) is 7.93. The first kappa shape index (κ1) is 20.7. The number of imide groups is 1. The Morgan fingerprint density at radius 2 is 1.89 bits per heavy atom. The minimum atomic E-state index is -0.812. The summed E-state index contributed by atoms with van der Waals surface area (Å²) in [5, 5.41) is 5.59. The highest BCUT2D eigenvalue weighted by atomic mass is 35.5. The molecule has 10 heteroatoms. The molecule has 2 N–H and O–H groups in total. The number of hydrogen-bond acceptors (Lipinski definition) is 6. The van der Waals surface area contributed by atoms with Gasteiger partial charge in [0.15, 0.2) is 19.0 Å². The van der Waals surface area contributed by atoms with Gasteiger partial charge in [0.2, 0.25) is 0 Å². The van der Waals surface area contributed by atoms with Crippen molar-refractivity contribution in [3.8, 4) is 5.75 Å². The minimum Gasteiger partial charge on any atom is -0.478 e. The second-order valence-corrected chi connectivity index (χ2v) is 6.19. The first-order chi connectivity index (χ1) is 12.8. The Morgan fingerprint density at radius 3 is 2.59 bits per heavy atom. The Bertz CT molecular complexity index is 888. The summed E-state index contributed by atoms with van der Waals surface area (Å²) in [7, 11) is 0. The first-order valence-corrected chi connectivity index (χ1v) is 8.68. The molecular weight excluding hydrogens is 397 g/mol. The van der Waals surface area contributed by atoms with Crippen molar-refractivity contribution in [1.82, 2.24) is 15.6 Å². The summed E-state index contributed by atoms with van der Waals surface area (Å²) >= 11 is 12.3. The summed E-state index contributed by atoms with van der Waals surface area (Å²) in [4.78, 5) is 38.8. The number of halogens is 2. The topological polar surface area (TPSA) is 107 Å². The van der Waals surface area contributed by atoms with E-state index >= 15 is 0 Å². The predicted octanol–water partition coefficient (Wildman–Crippen LogP) is 2.62. The quantitative estimate of drug-likeness (QED) is 0.704. The van der Waals surface area contributed by atoms with Crippen molar-refractivity contribution in [2.75, 3.05) is 19.8 Å². The Morgan fingerprint density at radius 1 is 1.15 bits per heavy atom. The number of ether oxygens (including phenoxy) is 2. The van der Waals surface area contributed by atoms with Crippen LogP contribution in [0.3, 0.4) is 0 Å². The lowest BCUT2D eigenvalue weighted by Crippen LogP contribution is -2.41. The summed E-state index contributed by atoms with van der Waals surface area (Å²) in [6.45, 7) is 2.73. The van der Waals surface area contributed by atoms with Gasteiger partial charge in [0.25, 0.3) is 5.91 Å². The molecule has 144 valence electrons. The van der Waals surface area contributed by atoms with Crippen molar-refractivity contribution < 1.29 is 23.9 Å². The summed E-state index contributed by atoms with van der Waals surface area (Å²) in [6, 6.07) is 4.37. The van der Waals surface area contributed by atoms with Gasteiger partial charge in [-0.05, 0) is 32.0 Å². The van der Waals surface area contributed by atoms with Crippen molar-refractivity contribution in [2.45, 2.75) is 13.8 Å². The number of benzene rings is 1. The molecule has 8 nitrogen and oxygen atoms in total. The molecule has 1 aromatic carbocycles. The number of esters is 1. The maximum atomic E-state index is 11.8. The molecule has 0 unspecified atom stereocenters. The van der Waals surface area contributed by atoms with Crippen LogP contribution in [-0.2, 0) is 14.3 Å². The molecule has 0 aliphatic carbocycles. The van der Waals surface area contributed by atoms with E-state index in [9.17, 15) is 14.4 Å². The smallest absolute Gasteiger partial charge is 0.344 e. The molecular formula is C17H17Cl2N3O5. The van der Waals surface area contributed by atoms with Gasteiger partial charge < -0.3 is 14.8 Å². The average Bonchev–Trinajstić information content (AvgIpc) is 2.59. The van der Waals surface area contributed by atoms with E-state index < -0.39 is 31.1 Å². The van der Waals surface area contributed by atoms with Gasteiger partial charge in [0.05, 0.1) is 10.0 Å². The number of hydrogen-bond donors (Lipinski definition) is 2. The molecule has 0 saturated carbocycles. The minimum absolute atomic E-state index is 0.184. The predicted molar refractivity (Wildman–Crippen MR) is 100 cm³/mol. The molecule has 1 aromatic heterocycles. The zero-order valence-corrected chi connectivity index (χ0v) is 16.1. The number of fused-ring (bicyclic) bond motifs is 1. The number of carbonyl (C=O) groups is 3. The summed E-state index contributed by atoms with van der Waals surface area (Å²) in [5.41, 5.74) is 1.13. The van der Waals surface area contributed by atoms with Crippen molar-refractivity contribution in [3.63, 3.8) is 0 Å². The third-order valence-electron chi connectivity index (χ3n) is 3.27. The fraction of sp³-hybridized carbons (Fsp3) is 0.294. The van der Waals surface area contributed by atoms with Gasteiger partial charge in [-0.25, -0.2) is 14.6 Å². The van der Waals surface area contributed by atoms with Crippen LogP contribution in [0.5, 0.6) is 5.75 Å². The zero-order valence-electron chi connectivity index (χ0n) is 14.6. The number of rotatable bonds is 6. The Kier molecular flexibility index (Phi) is 7.20. The Labute approximate surface area is 165 Å². The number of nitrogens with one attached hydrogen (secondary N) is 2.